The van der Waals surface area contributed by atoms with Crippen LogP contribution in [0.1, 0.15) is 104 Å². The highest BCUT2D eigenvalue weighted by Gasteiger charge is 2.18. The molecule has 0 aliphatic carbocycles. The van der Waals surface area contributed by atoms with Gasteiger partial charge in [0.25, 0.3) is 0 Å². The fourth-order valence-corrected chi connectivity index (χ4v) is 2.80. The third-order valence-electron chi connectivity index (χ3n) is 4.36. The Morgan fingerprint density at radius 1 is 0.826 bits per heavy atom. The van der Waals surface area contributed by atoms with Crippen molar-refractivity contribution in [1.29, 1.82) is 0 Å². The lowest BCUT2D eigenvalue weighted by molar-refractivity contribution is -0.149. The van der Waals surface area contributed by atoms with Gasteiger partial charge in [-0.05, 0) is 25.7 Å². The molecule has 0 fully saturated rings. The number of aldehydes is 1. The highest BCUT2D eigenvalue weighted by atomic mass is 16.5. The van der Waals surface area contributed by atoms with Crippen LogP contribution in [0, 0.1) is 5.92 Å². The molecule has 0 N–H and O–H groups in total. The molecule has 0 heterocycles. The molecule has 0 aromatic carbocycles. The SMILES string of the molecule is CCCCCCC(CCCC)C(=O)OCCCCCCCC=O. The van der Waals surface area contributed by atoms with Crippen LogP contribution in [0.3, 0.4) is 0 Å². The van der Waals surface area contributed by atoms with E-state index in [-0.39, 0.29) is 11.9 Å². The van der Waals surface area contributed by atoms with Crippen molar-refractivity contribution < 1.29 is 14.3 Å². The first-order chi connectivity index (χ1) is 11.3. The Balaban J connectivity index is 3.77. The smallest absolute Gasteiger partial charge is 0.308 e. The van der Waals surface area contributed by atoms with Crippen LogP contribution >= 0.6 is 0 Å². The molecule has 0 aliphatic heterocycles. The van der Waals surface area contributed by atoms with Gasteiger partial charge in [-0.1, -0.05) is 71.6 Å². The van der Waals surface area contributed by atoms with Crippen LogP contribution in [-0.4, -0.2) is 18.9 Å². The summed E-state index contributed by atoms with van der Waals surface area (Å²) in [5.74, 6) is 0.135. The minimum Gasteiger partial charge on any atom is -0.465 e. The van der Waals surface area contributed by atoms with Crippen LogP contribution in [-0.2, 0) is 14.3 Å². The summed E-state index contributed by atoms with van der Waals surface area (Å²) >= 11 is 0. The first-order valence-corrected chi connectivity index (χ1v) is 9.86. The molecule has 0 rings (SSSR count). The Morgan fingerprint density at radius 2 is 1.43 bits per heavy atom. The summed E-state index contributed by atoms with van der Waals surface area (Å²) in [5, 5.41) is 0. The number of carbonyl (C=O) groups excluding carboxylic acids is 2. The molecule has 0 bridgehead atoms. The van der Waals surface area contributed by atoms with E-state index in [1.807, 2.05) is 0 Å². The van der Waals surface area contributed by atoms with E-state index in [1.54, 1.807) is 0 Å². The van der Waals surface area contributed by atoms with Crippen LogP contribution in [0.4, 0.5) is 0 Å². The quantitative estimate of drug-likeness (QED) is 0.191. The zero-order valence-electron chi connectivity index (χ0n) is 15.5. The summed E-state index contributed by atoms with van der Waals surface area (Å²) < 4.78 is 5.49. The number of hydrogen-bond acceptors (Lipinski definition) is 3. The van der Waals surface area contributed by atoms with E-state index >= 15 is 0 Å². The summed E-state index contributed by atoms with van der Waals surface area (Å²) in [6.45, 7) is 4.94. The van der Waals surface area contributed by atoms with Crippen LogP contribution in [0.2, 0.25) is 0 Å². The Labute approximate surface area is 143 Å². The van der Waals surface area contributed by atoms with E-state index in [9.17, 15) is 9.59 Å². The fraction of sp³-hybridized carbons (Fsp3) is 0.900. The van der Waals surface area contributed by atoms with Crippen molar-refractivity contribution >= 4 is 12.3 Å². The topological polar surface area (TPSA) is 43.4 Å². The molecule has 0 aliphatic rings. The Bertz CT molecular complexity index is 276. The Kier molecular flexibility index (Phi) is 16.8. The maximum absolute atomic E-state index is 12.2. The normalized spacial score (nSPS) is 12.1. The monoisotopic (exact) mass is 326 g/mol. The van der Waals surface area contributed by atoms with Crippen molar-refractivity contribution in [3.05, 3.63) is 0 Å². The molecule has 0 spiro atoms. The van der Waals surface area contributed by atoms with Gasteiger partial charge in [0, 0.05) is 6.42 Å². The van der Waals surface area contributed by atoms with Gasteiger partial charge in [0.05, 0.1) is 12.5 Å². The van der Waals surface area contributed by atoms with Crippen molar-refractivity contribution in [3.8, 4) is 0 Å². The molecule has 0 amide bonds. The average Bonchev–Trinajstić information content (AvgIpc) is 2.56. The molecule has 0 aromatic rings. The number of ether oxygens (including phenoxy) is 1. The number of hydrogen-bond donors (Lipinski definition) is 0. The average molecular weight is 327 g/mol. The zero-order chi connectivity index (χ0) is 17.2. The fourth-order valence-electron chi connectivity index (χ4n) is 2.80. The maximum Gasteiger partial charge on any atom is 0.308 e. The molecule has 1 unspecified atom stereocenters. The van der Waals surface area contributed by atoms with Gasteiger partial charge >= 0.3 is 5.97 Å². The number of unbranched alkanes of at least 4 members (excludes halogenated alkanes) is 9. The third kappa shape index (κ3) is 14.5. The Morgan fingerprint density at radius 3 is 2.13 bits per heavy atom. The number of rotatable bonds is 17. The summed E-state index contributed by atoms with van der Waals surface area (Å²) in [6.07, 6.45) is 16.0. The molecule has 0 saturated carbocycles. The van der Waals surface area contributed by atoms with E-state index < -0.39 is 0 Å². The zero-order valence-corrected chi connectivity index (χ0v) is 15.5. The summed E-state index contributed by atoms with van der Waals surface area (Å²) in [7, 11) is 0. The van der Waals surface area contributed by atoms with Gasteiger partial charge in [-0.15, -0.1) is 0 Å². The minimum atomic E-state index is 0.0240. The van der Waals surface area contributed by atoms with Crippen LogP contribution in [0.25, 0.3) is 0 Å². The van der Waals surface area contributed by atoms with Crippen molar-refractivity contribution in [1.82, 2.24) is 0 Å². The molecule has 23 heavy (non-hydrogen) atoms. The highest BCUT2D eigenvalue weighted by Crippen LogP contribution is 2.19. The molecule has 0 radical (unpaired) electrons. The molecule has 1 atom stereocenters. The number of esters is 1. The van der Waals surface area contributed by atoms with Crippen LogP contribution in [0.5, 0.6) is 0 Å². The summed E-state index contributed by atoms with van der Waals surface area (Å²) in [6, 6.07) is 0. The maximum atomic E-state index is 12.2. The van der Waals surface area contributed by atoms with E-state index in [4.69, 9.17) is 4.74 Å². The van der Waals surface area contributed by atoms with Gasteiger partial charge in [0.2, 0.25) is 0 Å². The third-order valence-corrected chi connectivity index (χ3v) is 4.36. The standard InChI is InChI=1S/C20H38O3/c1-3-5-7-12-16-19(15-6-4-2)20(22)23-18-14-11-9-8-10-13-17-21/h17,19H,3-16,18H2,1-2H3. The second-order valence-electron chi connectivity index (χ2n) is 6.58. The lowest BCUT2D eigenvalue weighted by Crippen LogP contribution is -2.18. The van der Waals surface area contributed by atoms with E-state index in [2.05, 4.69) is 13.8 Å². The van der Waals surface area contributed by atoms with Gasteiger partial charge in [0.1, 0.15) is 6.29 Å². The second kappa shape index (κ2) is 17.5. The predicted molar refractivity (Wildman–Crippen MR) is 96.5 cm³/mol. The highest BCUT2D eigenvalue weighted by molar-refractivity contribution is 5.72. The second-order valence-corrected chi connectivity index (χ2v) is 6.58. The molecule has 0 aromatic heterocycles. The molecular weight excluding hydrogens is 288 g/mol. The van der Waals surface area contributed by atoms with Crippen molar-refractivity contribution in [2.45, 2.75) is 104 Å². The molecular formula is C20H38O3. The van der Waals surface area contributed by atoms with Gasteiger partial charge in [-0.3, -0.25) is 4.79 Å². The molecule has 3 heteroatoms. The number of carbonyl (C=O) groups is 2. The first-order valence-electron chi connectivity index (χ1n) is 9.86. The lowest BCUT2D eigenvalue weighted by Gasteiger charge is -2.15. The minimum absolute atomic E-state index is 0.0240. The van der Waals surface area contributed by atoms with Gasteiger partial charge < -0.3 is 9.53 Å². The van der Waals surface area contributed by atoms with Crippen molar-refractivity contribution in [2.75, 3.05) is 6.61 Å². The van der Waals surface area contributed by atoms with E-state index in [1.165, 1.54) is 19.3 Å². The largest absolute Gasteiger partial charge is 0.465 e. The van der Waals surface area contributed by atoms with Crippen molar-refractivity contribution in [3.63, 3.8) is 0 Å². The van der Waals surface area contributed by atoms with Crippen LogP contribution in [0.15, 0.2) is 0 Å². The first kappa shape index (κ1) is 22.1. The van der Waals surface area contributed by atoms with Gasteiger partial charge in [-0.25, -0.2) is 0 Å². The molecule has 0 saturated heterocycles. The van der Waals surface area contributed by atoms with Crippen molar-refractivity contribution in [2.24, 2.45) is 5.92 Å². The van der Waals surface area contributed by atoms with Gasteiger partial charge in [-0.2, -0.15) is 0 Å². The summed E-state index contributed by atoms with van der Waals surface area (Å²) in [5.41, 5.74) is 0. The van der Waals surface area contributed by atoms with E-state index in [0.717, 1.165) is 70.5 Å². The lowest BCUT2D eigenvalue weighted by atomic mass is 9.95. The predicted octanol–water partition coefficient (Wildman–Crippen LogP) is 5.85. The molecule has 136 valence electrons. The molecule has 3 nitrogen and oxygen atoms in total. The van der Waals surface area contributed by atoms with Gasteiger partial charge in [0.15, 0.2) is 0 Å². The summed E-state index contributed by atoms with van der Waals surface area (Å²) in [4.78, 5) is 22.4. The van der Waals surface area contributed by atoms with E-state index in [0.29, 0.717) is 13.0 Å². The van der Waals surface area contributed by atoms with Crippen LogP contribution < -0.4 is 0 Å². The Hall–Kier alpha value is -0.860.